The van der Waals surface area contributed by atoms with Crippen LogP contribution in [0.25, 0.3) is 0 Å². The minimum absolute atomic E-state index is 0.277. The molecule has 2 heteroatoms. The van der Waals surface area contributed by atoms with Crippen LogP contribution in [0.15, 0.2) is 12.2 Å². The van der Waals surface area contributed by atoms with Crippen LogP contribution in [0.3, 0.4) is 0 Å². The highest BCUT2D eigenvalue weighted by atomic mass is 16.3. The van der Waals surface area contributed by atoms with Gasteiger partial charge in [-0.2, -0.15) is 0 Å². The lowest BCUT2D eigenvalue weighted by Gasteiger charge is -2.35. The normalized spacial score (nSPS) is 43.4. The molecule has 4 unspecified atom stereocenters. The highest BCUT2D eigenvalue weighted by molar-refractivity contribution is 5.13. The van der Waals surface area contributed by atoms with E-state index >= 15 is 0 Å². The summed E-state index contributed by atoms with van der Waals surface area (Å²) in [5.74, 6) is 1.03. The smallest absolute Gasteiger partial charge is 0.0653 e. The number of allylic oxidation sites excluding steroid dienone is 1. The Morgan fingerprint density at radius 1 is 1.35 bits per heavy atom. The molecule has 17 heavy (non-hydrogen) atoms. The van der Waals surface area contributed by atoms with Crippen molar-refractivity contribution in [1.82, 2.24) is 0 Å². The second kappa shape index (κ2) is 4.10. The second-order valence-electron chi connectivity index (χ2n) is 6.89. The van der Waals surface area contributed by atoms with Crippen molar-refractivity contribution in [3.63, 3.8) is 0 Å². The summed E-state index contributed by atoms with van der Waals surface area (Å²) >= 11 is 0. The molecule has 0 radical (unpaired) electrons. The average molecular weight is 238 g/mol. The predicted molar refractivity (Wildman–Crippen MR) is 69.6 cm³/mol. The summed E-state index contributed by atoms with van der Waals surface area (Å²) in [6.07, 6.45) is 4.88. The molecule has 2 rings (SSSR count). The molecule has 0 aromatic carbocycles. The minimum atomic E-state index is -0.645. The fourth-order valence-corrected chi connectivity index (χ4v) is 3.79. The van der Waals surface area contributed by atoms with Gasteiger partial charge in [0, 0.05) is 0 Å². The van der Waals surface area contributed by atoms with Crippen LogP contribution in [0.4, 0.5) is 0 Å². The summed E-state index contributed by atoms with van der Waals surface area (Å²) in [5, 5.41) is 20.7. The van der Waals surface area contributed by atoms with Crippen molar-refractivity contribution in [3.8, 4) is 0 Å². The SMILES string of the molecule is C=C1CCC(C(C)(C)O)CC2C1CCC2(C)O. The van der Waals surface area contributed by atoms with E-state index in [1.807, 2.05) is 20.8 Å². The number of hydrogen-bond acceptors (Lipinski definition) is 2. The van der Waals surface area contributed by atoms with Crippen LogP contribution in [0.5, 0.6) is 0 Å². The minimum Gasteiger partial charge on any atom is -0.390 e. The third-order valence-corrected chi connectivity index (χ3v) is 5.12. The molecule has 98 valence electrons. The highest BCUT2D eigenvalue weighted by Gasteiger charge is 2.48. The van der Waals surface area contributed by atoms with Gasteiger partial charge in [-0.3, -0.25) is 0 Å². The zero-order valence-electron chi connectivity index (χ0n) is 11.4. The Morgan fingerprint density at radius 2 is 2.00 bits per heavy atom. The fourth-order valence-electron chi connectivity index (χ4n) is 3.79. The van der Waals surface area contributed by atoms with E-state index in [2.05, 4.69) is 6.58 Å². The molecule has 0 saturated heterocycles. The highest BCUT2D eigenvalue weighted by Crippen LogP contribution is 2.51. The number of fused-ring (bicyclic) bond motifs is 1. The third-order valence-electron chi connectivity index (χ3n) is 5.12. The summed E-state index contributed by atoms with van der Waals surface area (Å²) in [4.78, 5) is 0. The van der Waals surface area contributed by atoms with Crippen molar-refractivity contribution in [2.24, 2.45) is 17.8 Å². The summed E-state index contributed by atoms with van der Waals surface area (Å²) in [6.45, 7) is 9.95. The first-order chi connectivity index (χ1) is 7.72. The second-order valence-corrected chi connectivity index (χ2v) is 6.89. The van der Waals surface area contributed by atoms with E-state index < -0.39 is 11.2 Å². The van der Waals surface area contributed by atoms with E-state index in [0.29, 0.717) is 5.92 Å². The van der Waals surface area contributed by atoms with E-state index in [1.54, 1.807) is 0 Å². The van der Waals surface area contributed by atoms with E-state index in [4.69, 9.17) is 0 Å². The standard InChI is InChI=1S/C15H26O2/c1-10-5-6-11(14(2,3)16)9-13-12(10)7-8-15(13,4)17/h11-13,16-17H,1,5-9H2,2-4H3. The van der Waals surface area contributed by atoms with Gasteiger partial charge in [-0.1, -0.05) is 12.2 Å². The first kappa shape index (κ1) is 13.1. The monoisotopic (exact) mass is 238 g/mol. The van der Waals surface area contributed by atoms with Gasteiger partial charge < -0.3 is 10.2 Å². The van der Waals surface area contributed by atoms with Gasteiger partial charge in [0.25, 0.3) is 0 Å². The summed E-state index contributed by atoms with van der Waals surface area (Å²) < 4.78 is 0. The van der Waals surface area contributed by atoms with Crippen molar-refractivity contribution in [2.75, 3.05) is 0 Å². The molecule has 2 nitrogen and oxygen atoms in total. The molecule has 2 fully saturated rings. The van der Waals surface area contributed by atoms with Crippen molar-refractivity contribution in [1.29, 1.82) is 0 Å². The van der Waals surface area contributed by atoms with E-state index in [9.17, 15) is 10.2 Å². The van der Waals surface area contributed by atoms with Gasteiger partial charge in [-0.15, -0.1) is 0 Å². The fraction of sp³-hybridized carbons (Fsp3) is 0.867. The maximum atomic E-state index is 10.5. The number of hydrogen-bond donors (Lipinski definition) is 2. The molecule has 0 aromatic heterocycles. The van der Waals surface area contributed by atoms with Gasteiger partial charge in [0.15, 0.2) is 0 Å². The van der Waals surface area contributed by atoms with E-state index in [-0.39, 0.29) is 11.8 Å². The van der Waals surface area contributed by atoms with E-state index in [0.717, 1.165) is 32.1 Å². The molecule has 4 atom stereocenters. The maximum Gasteiger partial charge on any atom is 0.0653 e. The molecular formula is C15H26O2. The molecule has 0 bridgehead atoms. The van der Waals surface area contributed by atoms with Crippen molar-refractivity contribution in [2.45, 2.75) is 64.1 Å². The number of aliphatic hydroxyl groups is 2. The molecule has 0 aromatic rings. The Bertz CT molecular complexity index is 311. The van der Waals surface area contributed by atoms with Gasteiger partial charge in [-0.05, 0) is 70.6 Å². The molecule has 2 aliphatic carbocycles. The molecule has 0 heterocycles. The molecule has 0 spiro atoms. The maximum absolute atomic E-state index is 10.5. The van der Waals surface area contributed by atoms with Crippen LogP contribution in [-0.2, 0) is 0 Å². The molecule has 2 aliphatic rings. The number of rotatable bonds is 1. The van der Waals surface area contributed by atoms with Crippen molar-refractivity contribution in [3.05, 3.63) is 12.2 Å². The summed E-state index contributed by atoms with van der Waals surface area (Å²) in [6, 6.07) is 0. The molecular weight excluding hydrogens is 212 g/mol. The van der Waals surface area contributed by atoms with Gasteiger partial charge in [-0.25, -0.2) is 0 Å². The topological polar surface area (TPSA) is 40.5 Å². The lowest BCUT2D eigenvalue weighted by atomic mass is 9.76. The first-order valence-corrected chi connectivity index (χ1v) is 6.84. The van der Waals surface area contributed by atoms with Crippen LogP contribution < -0.4 is 0 Å². The summed E-state index contributed by atoms with van der Waals surface area (Å²) in [7, 11) is 0. The molecule has 0 amide bonds. The predicted octanol–water partition coefficient (Wildman–Crippen LogP) is 2.89. The lowest BCUT2D eigenvalue weighted by molar-refractivity contribution is -0.0325. The summed E-state index contributed by atoms with van der Waals surface area (Å²) in [5.41, 5.74) is 0.0782. The largest absolute Gasteiger partial charge is 0.390 e. The zero-order valence-corrected chi connectivity index (χ0v) is 11.4. The Morgan fingerprint density at radius 3 is 2.59 bits per heavy atom. The molecule has 2 N–H and O–H groups in total. The lowest BCUT2D eigenvalue weighted by Crippen LogP contribution is -2.37. The molecule has 0 aliphatic heterocycles. The van der Waals surface area contributed by atoms with Gasteiger partial charge in [0.1, 0.15) is 0 Å². The Hall–Kier alpha value is -0.340. The van der Waals surface area contributed by atoms with Gasteiger partial charge in [0.2, 0.25) is 0 Å². The third kappa shape index (κ3) is 2.43. The Balaban J connectivity index is 2.24. The average Bonchev–Trinajstić information content (AvgIpc) is 2.37. The van der Waals surface area contributed by atoms with Crippen LogP contribution >= 0.6 is 0 Å². The molecule has 2 saturated carbocycles. The van der Waals surface area contributed by atoms with Crippen LogP contribution in [-0.4, -0.2) is 21.4 Å². The Labute approximate surface area is 105 Å². The van der Waals surface area contributed by atoms with Crippen molar-refractivity contribution >= 4 is 0 Å². The van der Waals surface area contributed by atoms with Crippen LogP contribution in [0.1, 0.15) is 52.9 Å². The van der Waals surface area contributed by atoms with Gasteiger partial charge in [0.05, 0.1) is 11.2 Å². The van der Waals surface area contributed by atoms with Crippen molar-refractivity contribution < 1.29 is 10.2 Å². The quantitative estimate of drug-likeness (QED) is 0.690. The van der Waals surface area contributed by atoms with Crippen LogP contribution in [0.2, 0.25) is 0 Å². The Kier molecular flexibility index (Phi) is 3.16. The van der Waals surface area contributed by atoms with Gasteiger partial charge >= 0.3 is 0 Å². The zero-order chi connectivity index (χ0) is 12.8. The van der Waals surface area contributed by atoms with Crippen LogP contribution in [0, 0.1) is 17.8 Å². The van der Waals surface area contributed by atoms with E-state index in [1.165, 1.54) is 5.57 Å². The first-order valence-electron chi connectivity index (χ1n) is 6.84.